The lowest BCUT2D eigenvalue weighted by Gasteiger charge is -2.41. The van der Waals surface area contributed by atoms with Gasteiger partial charge in [-0.2, -0.15) is 5.26 Å². The first kappa shape index (κ1) is 14.6. The molecule has 0 bridgehead atoms. The maximum atomic E-state index is 13.8. The Morgan fingerprint density at radius 1 is 1.05 bits per heavy atom. The van der Waals surface area contributed by atoms with E-state index in [1.807, 2.05) is 0 Å². The van der Waals surface area contributed by atoms with Gasteiger partial charge in [0.05, 0.1) is 11.6 Å². The fourth-order valence-corrected chi connectivity index (χ4v) is 2.88. The minimum absolute atomic E-state index is 0.0836. The van der Waals surface area contributed by atoms with Gasteiger partial charge in [-0.3, -0.25) is 5.32 Å². The molecule has 0 saturated carbocycles. The van der Waals surface area contributed by atoms with Gasteiger partial charge in [0.2, 0.25) is 0 Å². The summed E-state index contributed by atoms with van der Waals surface area (Å²) in [5.41, 5.74) is 1.12. The van der Waals surface area contributed by atoms with E-state index in [0.29, 0.717) is 5.56 Å². The van der Waals surface area contributed by atoms with E-state index >= 15 is 0 Å². The first-order valence-corrected chi connectivity index (χ1v) is 6.91. The summed E-state index contributed by atoms with van der Waals surface area (Å²) in [6.45, 7) is -0.563. The molecule has 1 fully saturated rings. The van der Waals surface area contributed by atoms with Crippen LogP contribution in [0.2, 0.25) is 0 Å². The SMILES string of the molecule is N#C[C@@H]1N[C@@H](CF)[C@H]1c1ccc(-c2c(F)cccc2F)cc1. The van der Waals surface area contributed by atoms with Gasteiger partial charge >= 0.3 is 0 Å². The summed E-state index contributed by atoms with van der Waals surface area (Å²) in [7, 11) is 0. The molecule has 1 N–H and O–H groups in total. The smallest absolute Gasteiger partial charge is 0.133 e. The Morgan fingerprint density at radius 3 is 2.23 bits per heavy atom. The molecule has 22 heavy (non-hydrogen) atoms. The van der Waals surface area contributed by atoms with E-state index in [1.165, 1.54) is 18.2 Å². The third kappa shape index (κ3) is 2.36. The molecule has 3 rings (SSSR count). The van der Waals surface area contributed by atoms with Crippen molar-refractivity contribution in [2.45, 2.75) is 18.0 Å². The molecule has 2 nitrogen and oxygen atoms in total. The minimum atomic E-state index is -0.630. The van der Waals surface area contributed by atoms with Crippen LogP contribution in [0.15, 0.2) is 42.5 Å². The zero-order valence-corrected chi connectivity index (χ0v) is 11.6. The number of hydrogen-bond donors (Lipinski definition) is 1. The maximum Gasteiger partial charge on any atom is 0.133 e. The highest BCUT2D eigenvalue weighted by molar-refractivity contribution is 5.65. The number of alkyl halides is 1. The fourth-order valence-electron chi connectivity index (χ4n) is 2.88. The first-order chi connectivity index (χ1) is 10.7. The first-order valence-electron chi connectivity index (χ1n) is 6.91. The number of halogens is 3. The molecule has 0 unspecified atom stereocenters. The lowest BCUT2D eigenvalue weighted by atomic mass is 9.78. The standard InChI is InChI=1S/C17H13F3N2/c18-8-14-17(15(9-21)22-14)11-6-4-10(5-7-11)16-12(19)2-1-3-13(16)20/h1-7,14-15,17,22H,8H2/t14-,15-,17+/m0/s1. The van der Waals surface area contributed by atoms with E-state index in [-0.39, 0.29) is 17.5 Å². The Hall–Kier alpha value is -2.32. The summed E-state index contributed by atoms with van der Waals surface area (Å²) in [6.07, 6.45) is 0. The summed E-state index contributed by atoms with van der Waals surface area (Å²) in [6, 6.07) is 11.6. The Bertz CT molecular complexity index is 701. The lowest BCUT2D eigenvalue weighted by molar-refractivity contribution is 0.210. The van der Waals surface area contributed by atoms with Crippen LogP contribution >= 0.6 is 0 Å². The normalized spacial score (nSPS) is 23.6. The second-order valence-corrected chi connectivity index (χ2v) is 5.28. The number of benzene rings is 2. The molecule has 3 atom stereocenters. The molecule has 0 aliphatic carbocycles. The van der Waals surface area contributed by atoms with Crippen LogP contribution in [0.4, 0.5) is 13.2 Å². The van der Waals surface area contributed by atoms with Crippen LogP contribution < -0.4 is 5.32 Å². The molecule has 1 saturated heterocycles. The average Bonchev–Trinajstić information content (AvgIpc) is 2.48. The highest BCUT2D eigenvalue weighted by Crippen LogP contribution is 2.34. The van der Waals surface area contributed by atoms with Crippen molar-refractivity contribution in [1.82, 2.24) is 5.32 Å². The van der Waals surface area contributed by atoms with Gasteiger partial charge in [0.15, 0.2) is 0 Å². The molecule has 2 aromatic carbocycles. The Labute approximate surface area is 126 Å². The highest BCUT2D eigenvalue weighted by atomic mass is 19.1. The largest absolute Gasteiger partial charge is 0.295 e. The monoisotopic (exact) mass is 302 g/mol. The number of hydrogen-bond acceptors (Lipinski definition) is 2. The molecule has 1 aliphatic rings. The zero-order chi connectivity index (χ0) is 15.7. The molecule has 1 heterocycles. The van der Waals surface area contributed by atoms with Crippen molar-refractivity contribution in [1.29, 1.82) is 5.26 Å². The van der Waals surface area contributed by atoms with E-state index < -0.39 is 24.4 Å². The van der Waals surface area contributed by atoms with Gasteiger partial charge in [-0.1, -0.05) is 30.3 Å². The van der Waals surface area contributed by atoms with Gasteiger partial charge < -0.3 is 0 Å². The predicted molar refractivity (Wildman–Crippen MR) is 76.8 cm³/mol. The van der Waals surface area contributed by atoms with Crippen molar-refractivity contribution in [3.63, 3.8) is 0 Å². The summed E-state index contributed by atoms with van der Waals surface area (Å²) in [4.78, 5) is 0. The Morgan fingerprint density at radius 2 is 1.68 bits per heavy atom. The van der Waals surface area contributed by atoms with Crippen LogP contribution in [0.25, 0.3) is 11.1 Å². The van der Waals surface area contributed by atoms with Gasteiger partial charge in [-0.05, 0) is 23.3 Å². The van der Waals surface area contributed by atoms with Crippen molar-refractivity contribution in [2.24, 2.45) is 0 Å². The van der Waals surface area contributed by atoms with Crippen LogP contribution in [0.1, 0.15) is 11.5 Å². The van der Waals surface area contributed by atoms with Crippen molar-refractivity contribution in [3.8, 4) is 17.2 Å². The van der Waals surface area contributed by atoms with Gasteiger partial charge in [-0.25, -0.2) is 13.2 Å². The minimum Gasteiger partial charge on any atom is -0.295 e. The average molecular weight is 302 g/mol. The van der Waals surface area contributed by atoms with Gasteiger partial charge in [0.25, 0.3) is 0 Å². The van der Waals surface area contributed by atoms with Crippen molar-refractivity contribution >= 4 is 0 Å². The topological polar surface area (TPSA) is 35.8 Å². The lowest BCUT2D eigenvalue weighted by Crippen LogP contribution is -2.59. The van der Waals surface area contributed by atoms with Crippen LogP contribution in [0, 0.1) is 23.0 Å². The maximum absolute atomic E-state index is 13.8. The molecule has 0 amide bonds. The Kier molecular flexibility index (Phi) is 3.86. The van der Waals surface area contributed by atoms with Crippen molar-refractivity contribution in [3.05, 3.63) is 59.7 Å². The van der Waals surface area contributed by atoms with Crippen LogP contribution in [-0.4, -0.2) is 18.8 Å². The Balaban J connectivity index is 1.92. The van der Waals surface area contributed by atoms with Crippen molar-refractivity contribution in [2.75, 3.05) is 6.67 Å². The molecule has 0 aromatic heterocycles. The summed E-state index contributed by atoms with van der Waals surface area (Å²) < 4.78 is 40.4. The number of nitrogens with zero attached hydrogens (tertiary/aromatic N) is 1. The number of rotatable bonds is 3. The van der Waals surface area contributed by atoms with E-state index in [4.69, 9.17) is 5.26 Å². The summed E-state index contributed by atoms with van der Waals surface area (Å²) in [5.74, 6) is -1.50. The van der Waals surface area contributed by atoms with Crippen LogP contribution in [-0.2, 0) is 0 Å². The summed E-state index contributed by atoms with van der Waals surface area (Å²) >= 11 is 0. The molecule has 5 heteroatoms. The predicted octanol–water partition coefficient (Wildman–Crippen LogP) is 3.55. The third-order valence-corrected chi connectivity index (χ3v) is 4.04. The molecule has 2 aromatic rings. The van der Waals surface area contributed by atoms with Gasteiger partial charge in [-0.15, -0.1) is 0 Å². The van der Waals surface area contributed by atoms with Crippen molar-refractivity contribution < 1.29 is 13.2 Å². The van der Waals surface area contributed by atoms with Crippen LogP contribution in [0.3, 0.4) is 0 Å². The zero-order valence-electron chi connectivity index (χ0n) is 11.6. The third-order valence-electron chi connectivity index (χ3n) is 4.04. The highest BCUT2D eigenvalue weighted by Gasteiger charge is 2.41. The van der Waals surface area contributed by atoms with E-state index in [1.54, 1.807) is 24.3 Å². The second kappa shape index (κ2) is 5.82. The molecular formula is C17H13F3N2. The van der Waals surface area contributed by atoms with E-state index in [2.05, 4.69) is 11.4 Å². The summed E-state index contributed by atoms with van der Waals surface area (Å²) in [5, 5.41) is 11.8. The van der Waals surface area contributed by atoms with Gasteiger partial charge in [0.1, 0.15) is 24.4 Å². The fraction of sp³-hybridized carbons (Fsp3) is 0.235. The quantitative estimate of drug-likeness (QED) is 0.941. The van der Waals surface area contributed by atoms with E-state index in [0.717, 1.165) is 5.56 Å². The molecule has 1 aliphatic heterocycles. The molecule has 0 radical (unpaired) electrons. The molecule has 112 valence electrons. The molecular weight excluding hydrogens is 289 g/mol. The second-order valence-electron chi connectivity index (χ2n) is 5.28. The number of nitrogens with one attached hydrogen (secondary N) is 1. The van der Waals surface area contributed by atoms with Gasteiger partial charge in [0, 0.05) is 12.0 Å². The van der Waals surface area contributed by atoms with E-state index in [9.17, 15) is 13.2 Å². The number of nitriles is 1. The molecule has 0 spiro atoms. The van der Waals surface area contributed by atoms with Crippen LogP contribution in [0.5, 0.6) is 0 Å².